The molecule has 3 rings (SSSR count). The van der Waals surface area contributed by atoms with Crippen LogP contribution in [0.3, 0.4) is 0 Å². The van der Waals surface area contributed by atoms with Crippen molar-refractivity contribution in [3.05, 3.63) is 93.5 Å². The summed E-state index contributed by atoms with van der Waals surface area (Å²) in [5, 5.41) is 3.60. The third kappa shape index (κ3) is 8.03. The number of hydrogen-bond donors (Lipinski definition) is 1. The lowest BCUT2D eigenvalue weighted by molar-refractivity contribution is -0.140. The first-order chi connectivity index (χ1) is 19.4. The van der Waals surface area contributed by atoms with Crippen LogP contribution in [0.15, 0.2) is 71.6 Å². The summed E-state index contributed by atoms with van der Waals surface area (Å²) in [6.45, 7) is 9.47. The first kappa shape index (κ1) is 32.4. The van der Waals surface area contributed by atoms with Crippen LogP contribution >= 0.6 is 23.2 Å². The molecule has 220 valence electrons. The third-order valence-corrected chi connectivity index (χ3v) is 9.38. The fourth-order valence-corrected chi connectivity index (χ4v) is 6.23. The van der Waals surface area contributed by atoms with Gasteiger partial charge < -0.3 is 10.2 Å². The number of amides is 2. The van der Waals surface area contributed by atoms with Gasteiger partial charge in [0.15, 0.2) is 0 Å². The van der Waals surface area contributed by atoms with Crippen molar-refractivity contribution < 1.29 is 18.0 Å². The summed E-state index contributed by atoms with van der Waals surface area (Å²) < 4.78 is 29.1. The molecule has 0 spiro atoms. The van der Waals surface area contributed by atoms with E-state index in [-0.39, 0.29) is 23.3 Å². The number of carbonyl (C=O) groups is 2. The molecule has 41 heavy (non-hydrogen) atoms. The van der Waals surface area contributed by atoms with E-state index in [0.29, 0.717) is 34.3 Å². The second-order valence-corrected chi connectivity index (χ2v) is 13.1. The van der Waals surface area contributed by atoms with Crippen molar-refractivity contribution in [2.45, 2.75) is 58.5 Å². The lowest BCUT2D eigenvalue weighted by Crippen LogP contribution is -2.52. The van der Waals surface area contributed by atoms with Crippen LogP contribution in [0.5, 0.6) is 0 Å². The molecule has 0 saturated carbocycles. The van der Waals surface area contributed by atoms with Gasteiger partial charge in [-0.05, 0) is 73.2 Å². The Morgan fingerprint density at radius 2 is 1.61 bits per heavy atom. The van der Waals surface area contributed by atoms with Gasteiger partial charge in [0.2, 0.25) is 11.8 Å². The largest absolute Gasteiger partial charge is 0.354 e. The smallest absolute Gasteiger partial charge is 0.264 e. The Balaban J connectivity index is 2.09. The molecule has 0 aromatic heterocycles. The lowest BCUT2D eigenvalue weighted by Gasteiger charge is -2.34. The summed E-state index contributed by atoms with van der Waals surface area (Å²) in [6, 6.07) is 17.5. The Hall–Kier alpha value is -3.07. The Kier molecular flexibility index (Phi) is 11.2. The molecular weight excluding hydrogens is 581 g/mol. The minimum atomic E-state index is -4.13. The van der Waals surface area contributed by atoms with Crippen LogP contribution in [-0.4, -0.2) is 44.3 Å². The highest BCUT2D eigenvalue weighted by Crippen LogP contribution is 2.30. The van der Waals surface area contributed by atoms with Crippen molar-refractivity contribution in [2.24, 2.45) is 5.92 Å². The number of sulfonamides is 1. The summed E-state index contributed by atoms with van der Waals surface area (Å²) in [5.74, 6) is -0.617. The molecule has 0 saturated heterocycles. The summed E-state index contributed by atoms with van der Waals surface area (Å²) in [4.78, 5) is 29.0. The first-order valence-corrected chi connectivity index (χ1v) is 15.7. The maximum atomic E-state index is 14.2. The molecule has 10 heteroatoms. The zero-order chi connectivity index (χ0) is 30.3. The second-order valence-electron chi connectivity index (χ2n) is 10.4. The standard InChI is InChI=1S/C31H37Cl2N3O4S/c1-6-28(31(38)34-18-21(2)3)35(19-24-15-16-26(32)27(33)17-24)30(37)20-36(29-14-10-11-22(4)23(29)5)41(39,40)25-12-8-7-9-13-25/h7-17,21,28H,6,18-20H2,1-5H3,(H,34,38). The van der Waals surface area contributed by atoms with E-state index in [2.05, 4.69) is 5.32 Å². The van der Waals surface area contributed by atoms with Gasteiger partial charge in [0.25, 0.3) is 10.0 Å². The number of benzene rings is 3. The molecule has 0 bridgehead atoms. The van der Waals surface area contributed by atoms with Crippen LogP contribution < -0.4 is 9.62 Å². The molecule has 0 fully saturated rings. The highest BCUT2D eigenvalue weighted by molar-refractivity contribution is 7.92. The van der Waals surface area contributed by atoms with E-state index in [4.69, 9.17) is 23.2 Å². The molecule has 7 nitrogen and oxygen atoms in total. The topological polar surface area (TPSA) is 86.8 Å². The molecule has 0 aliphatic rings. The number of hydrogen-bond acceptors (Lipinski definition) is 4. The van der Waals surface area contributed by atoms with E-state index in [1.165, 1.54) is 17.0 Å². The Morgan fingerprint density at radius 1 is 0.927 bits per heavy atom. The Bertz CT molecular complexity index is 1480. The van der Waals surface area contributed by atoms with Crippen molar-refractivity contribution >= 4 is 50.7 Å². The molecule has 0 heterocycles. The molecule has 1 atom stereocenters. The first-order valence-electron chi connectivity index (χ1n) is 13.5. The van der Waals surface area contributed by atoms with E-state index in [9.17, 15) is 18.0 Å². The van der Waals surface area contributed by atoms with Gasteiger partial charge >= 0.3 is 0 Å². The van der Waals surface area contributed by atoms with Gasteiger partial charge in [-0.25, -0.2) is 8.42 Å². The van der Waals surface area contributed by atoms with Gasteiger partial charge in [0.05, 0.1) is 20.6 Å². The van der Waals surface area contributed by atoms with Gasteiger partial charge in [-0.1, -0.05) is 80.4 Å². The fourth-order valence-electron chi connectivity index (χ4n) is 4.42. The normalized spacial score (nSPS) is 12.2. The summed E-state index contributed by atoms with van der Waals surface area (Å²) in [6.07, 6.45) is 0.325. The van der Waals surface area contributed by atoms with Crippen LogP contribution in [0.2, 0.25) is 10.0 Å². The number of nitrogens with one attached hydrogen (secondary N) is 1. The van der Waals surface area contributed by atoms with Gasteiger partial charge in [0.1, 0.15) is 12.6 Å². The van der Waals surface area contributed by atoms with E-state index in [1.807, 2.05) is 40.7 Å². The second kappa shape index (κ2) is 14.2. The monoisotopic (exact) mass is 617 g/mol. The van der Waals surface area contributed by atoms with Gasteiger partial charge in [-0.3, -0.25) is 13.9 Å². The van der Waals surface area contributed by atoms with Crippen molar-refractivity contribution in [3.8, 4) is 0 Å². The molecule has 1 N–H and O–H groups in total. The predicted molar refractivity (Wildman–Crippen MR) is 166 cm³/mol. The minimum Gasteiger partial charge on any atom is -0.354 e. The molecule has 1 unspecified atom stereocenters. The summed E-state index contributed by atoms with van der Waals surface area (Å²) in [5.41, 5.74) is 2.67. The van der Waals surface area contributed by atoms with Crippen molar-refractivity contribution in [1.29, 1.82) is 0 Å². The fraction of sp³-hybridized carbons (Fsp3) is 0.355. The number of nitrogens with zero attached hydrogens (tertiary/aromatic N) is 2. The Morgan fingerprint density at radius 3 is 2.22 bits per heavy atom. The van der Waals surface area contributed by atoms with Gasteiger partial charge in [-0.2, -0.15) is 0 Å². The predicted octanol–water partition coefficient (Wildman–Crippen LogP) is 6.39. The van der Waals surface area contributed by atoms with Crippen molar-refractivity contribution in [1.82, 2.24) is 10.2 Å². The number of halogens is 2. The van der Waals surface area contributed by atoms with Gasteiger partial charge in [-0.15, -0.1) is 0 Å². The van der Waals surface area contributed by atoms with Crippen LogP contribution in [-0.2, 0) is 26.2 Å². The average molecular weight is 619 g/mol. The zero-order valence-corrected chi connectivity index (χ0v) is 26.4. The maximum absolute atomic E-state index is 14.2. The molecule has 3 aromatic carbocycles. The molecule has 2 amide bonds. The molecular formula is C31H37Cl2N3O4S. The number of rotatable bonds is 12. The quantitative estimate of drug-likeness (QED) is 0.255. The van der Waals surface area contributed by atoms with Crippen LogP contribution in [0.4, 0.5) is 5.69 Å². The van der Waals surface area contributed by atoms with Crippen LogP contribution in [0, 0.1) is 19.8 Å². The summed E-state index contributed by atoms with van der Waals surface area (Å²) in [7, 11) is -4.13. The van der Waals surface area contributed by atoms with Crippen molar-refractivity contribution in [2.75, 3.05) is 17.4 Å². The molecule has 0 radical (unpaired) electrons. The zero-order valence-electron chi connectivity index (χ0n) is 24.0. The van der Waals surface area contributed by atoms with E-state index >= 15 is 0 Å². The maximum Gasteiger partial charge on any atom is 0.264 e. The van der Waals surface area contributed by atoms with Crippen LogP contribution in [0.25, 0.3) is 0 Å². The number of aryl methyl sites for hydroxylation is 1. The molecule has 3 aromatic rings. The van der Waals surface area contributed by atoms with E-state index < -0.39 is 28.5 Å². The van der Waals surface area contributed by atoms with Gasteiger partial charge in [0, 0.05) is 13.1 Å². The number of carbonyl (C=O) groups excluding carboxylic acids is 2. The molecule has 0 aliphatic heterocycles. The highest BCUT2D eigenvalue weighted by atomic mass is 35.5. The number of anilines is 1. The van der Waals surface area contributed by atoms with E-state index in [1.54, 1.807) is 48.5 Å². The minimum absolute atomic E-state index is 0.0371. The lowest BCUT2D eigenvalue weighted by atomic mass is 10.1. The highest BCUT2D eigenvalue weighted by Gasteiger charge is 2.34. The molecule has 0 aliphatic carbocycles. The summed E-state index contributed by atoms with van der Waals surface area (Å²) >= 11 is 12.4. The Labute approximate surface area is 253 Å². The van der Waals surface area contributed by atoms with E-state index in [0.717, 1.165) is 15.4 Å². The SMILES string of the molecule is CCC(C(=O)NCC(C)C)N(Cc1ccc(Cl)c(Cl)c1)C(=O)CN(c1cccc(C)c1C)S(=O)(=O)c1ccccc1. The third-order valence-electron chi connectivity index (χ3n) is 6.86. The van der Waals surface area contributed by atoms with Crippen molar-refractivity contribution in [3.63, 3.8) is 0 Å². The average Bonchev–Trinajstić information content (AvgIpc) is 2.94. The van der Waals surface area contributed by atoms with Crippen LogP contribution in [0.1, 0.15) is 43.9 Å².